The SMILES string of the molecule is OBc1cncc(Br)c1. The van der Waals surface area contributed by atoms with Crippen molar-refractivity contribution in [1.29, 1.82) is 0 Å². The van der Waals surface area contributed by atoms with Crippen LogP contribution in [0.2, 0.25) is 0 Å². The first kappa shape index (κ1) is 6.77. The first-order chi connectivity index (χ1) is 4.33. The van der Waals surface area contributed by atoms with Crippen molar-refractivity contribution in [3.8, 4) is 0 Å². The molecule has 0 saturated heterocycles. The zero-order valence-corrected chi connectivity index (χ0v) is 6.30. The third kappa shape index (κ3) is 1.80. The smallest absolute Gasteiger partial charge is 0.306 e. The van der Waals surface area contributed by atoms with E-state index in [-0.39, 0.29) is 7.48 Å². The van der Waals surface area contributed by atoms with Gasteiger partial charge in [-0.1, -0.05) is 0 Å². The highest BCUT2D eigenvalue weighted by atomic mass is 79.9. The largest absolute Gasteiger partial charge is 0.449 e. The van der Waals surface area contributed by atoms with Gasteiger partial charge in [-0.05, 0) is 27.5 Å². The average Bonchev–Trinajstić information content (AvgIpc) is 1.88. The Bertz CT molecular complexity index is 206. The monoisotopic (exact) mass is 185 g/mol. The maximum Gasteiger partial charge on any atom is 0.306 e. The molecular formula is C5H5BBrNO. The molecule has 0 radical (unpaired) electrons. The average molecular weight is 186 g/mol. The molecule has 0 atom stereocenters. The minimum absolute atomic E-state index is 0.0481. The van der Waals surface area contributed by atoms with Gasteiger partial charge in [0, 0.05) is 16.9 Å². The van der Waals surface area contributed by atoms with Gasteiger partial charge in [-0.25, -0.2) is 0 Å². The molecule has 9 heavy (non-hydrogen) atoms. The molecule has 0 aromatic carbocycles. The summed E-state index contributed by atoms with van der Waals surface area (Å²) in [5, 5.41) is 8.60. The molecule has 1 aromatic heterocycles. The number of rotatable bonds is 1. The Morgan fingerprint density at radius 3 is 2.78 bits per heavy atom. The van der Waals surface area contributed by atoms with E-state index in [1.165, 1.54) is 0 Å². The standard InChI is InChI=1S/C5H5BBrNO/c7-5-1-4(6-9)2-8-3-5/h1-3,6,9H. The Morgan fingerprint density at radius 2 is 2.33 bits per heavy atom. The number of hydrogen-bond acceptors (Lipinski definition) is 2. The van der Waals surface area contributed by atoms with Crippen molar-refractivity contribution >= 4 is 28.9 Å². The normalized spacial score (nSPS) is 9.11. The lowest BCUT2D eigenvalue weighted by Crippen LogP contribution is -2.13. The zero-order chi connectivity index (χ0) is 6.69. The highest BCUT2D eigenvalue weighted by molar-refractivity contribution is 9.10. The van der Waals surface area contributed by atoms with Crippen molar-refractivity contribution < 1.29 is 5.02 Å². The van der Waals surface area contributed by atoms with E-state index in [2.05, 4.69) is 20.9 Å². The van der Waals surface area contributed by atoms with Gasteiger partial charge in [-0.3, -0.25) is 4.98 Å². The molecule has 0 aliphatic rings. The van der Waals surface area contributed by atoms with Gasteiger partial charge in [-0.2, -0.15) is 0 Å². The third-order valence-electron chi connectivity index (χ3n) is 0.944. The molecule has 0 aliphatic carbocycles. The van der Waals surface area contributed by atoms with Gasteiger partial charge >= 0.3 is 7.48 Å². The van der Waals surface area contributed by atoms with Crippen LogP contribution >= 0.6 is 15.9 Å². The van der Waals surface area contributed by atoms with Crippen LogP contribution in [0.25, 0.3) is 0 Å². The lowest BCUT2D eigenvalue weighted by molar-refractivity contribution is 0.615. The van der Waals surface area contributed by atoms with Gasteiger partial charge in [0.2, 0.25) is 0 Å². The Hall–Kier alpha value is -0.345. The fourth-order valence-corrected chi connectivity index (χ4v) is 0.955. The second-order valence-electron chi connectivity index (χ2n) is 1.67. The van der Waals surface area contributed by atoms with Gasteiger partial charge in [0.25, 0.3) is 0 Å². The molecule has 2 nitrogen and oxygen atoms in total. The first-order valence-corrected chi connectivity index (χ1v) is 3.32. The summed E-state index contributed by atoms with van der Waals surface area (Å²) in [7, 11) is 0.0481. The fourth-order valence-electron chi connectivity index (χ4n) is 0.542. The predicted octanol–water partition coefficient (Wildman–Crippen LogP) is -0.187. The highest BCUT2D eigenvalue weighted by Gasteiger charge is 1.91. The molecular weight excluding hydrogens is 181 g/mol. The molecule has 1 N–H and O–H groups in total. The lowest BCUT2D eigenvalue weighted by atomic mass is 9.91. The van der Waals surface area contributed by atoms with Gasteiger partial charge in [-0.15, -0.1) is 0 Å². The van der Waals surface area contributed by atoms with Crippen LogP contribution in [0.5, 0.6) is 0 Å². The van der Waals surface area contributed by atoms with E-state index in [9.17, 15) is 0 Å². The molecule has 0 unspecified atom stereocenters. The number of nitrogens with zero attached hydrogens (tertiary/aromatic N) is 1. The van der Waals surface area contributed by atoms with Gasteiger partial charge in [0.1, 0.15) is 0 Å². The van der Waals surface area contributed by atoms with E-state index in [4.69, 9.17) is 5.02 Å². The van der Waals surface area contributed by atoms with Crippen LogP contribution in [0.4, 0.5) is 0 Å². The molecule has 0 amide bonds. The van der Waals surface area contributed by atoms with Gasteiger partial charge < -0.3 is 5.02 Å². The molecule has 0 aliphatic heterocycles. The number of hydrogen-bond donors (Lipinski definition) is 1. The summed E-state index contributed by atoms with van der Waals surface area (Å²) in [6, 6.07) is 1.83. The Kier molecular flexibility index (Phi) is 2.25. The molecule has 4 heteroatoms. The number of aromatic nitrogens is 1. The summed E-state index contributed by atoms with van der Waals surface area (Å²) < 4.78 is 0.897. The molecule has 0 saturated carbocycles. The first-order valence-electron chi connectivity index (χ1n) is 2.53. The van der Waals surface area contributed by atoms with E-state index < -0.39 is 0 Å². The van der Waals surface area contributed by atoms with E-state index in [1.54, 1.807) is 12.4 Å². The van der Waals surface area contributed by atoms with Crippen molar-refractivity contribution in [2.45, 2.75) is 0 Å². The predicted molar refractivity (Wildman–Crippen MR) is 40.9 cm³/mol. The highest BCUT2D eigenvalue weighted by Crippen LogP contribution is 2.01. The van der Waals surface area contributed by atoms with Crippen LogP contribution in [0.1, 0.15) is 0 Å². The second-order valence-corrected chi connectivity index (χ2v) is 2.59. The summed E-state index contributed by atoms with van der Waals surface area (Å²) >= 11 is 3.23. The third-order valence-corrected chi connectivity index (χ3v) is 1.38. The molecule has 1 aromatic rings. The maximum atomic E-state index is 8.60. The summed E-state index contributed by atoms with van der Waals surface area (Å²) in [4.78, 5) is 3.85. The van der Waals surface area contributed by atoms with E-state index >= 15 is 0 Å². The Morgan fingerprint density at radius 1 is 1.56 bits per heavy atom. The van der Waals surface area contributed by atoms with Crippen LogP contribution in [-0.2, 0) is 0 Å². The number of halogens is 1. The molecule has 1 rings (SSSR count). The van der Waals surface area contributed by atoms with E-state index in [0.29, 0.717) is 0 Å². The molecule has 46 valence electrons. The molecule has 1 heterocycles. The van der Waals surface area contributed by atoms with Crippen molar-refractivity contribution in [3.05, 3.63) is 22.9 Å². The van der Waals surface area contributed by atoms with Crippen LogP contribution in [-0.4, -0.2) is 17.5 Å². The Balaban J connectivity index is 2.94. The summed E-state index contributed by atoms with van der Waals surface area (Å²) in [5.74, 6) is 0. The quantitative estimate of drug-likeness (QED) is 0.616. The molecule has 0 spiro atoms. The van der Waals surface area contributed by atoms with E-state index in [1.807, 2.05) is 6.07 Å². The minimum Gasteiger partial charge on any atom is -0.449 e. The van der Waals surface area contributed by atoms with Gasteiger partial charge in [0.15, 0.2) is 0 Å². The van der Waals surface area contributed by atoms with Crippen molar-refractivity contribution in [1.82, 2.24) is 4.98 Å². The molecule has 0 fully saturated rings. The van der Waals surface area contributed by atoms with Gasteiger partial charge in [0.05, 0.1) is 0 Å². The maximum absolute atomic E-state index is 8.60. The van der Waals surface area contributed by atoms with Crippen molar-refractivity contribution in [2.24, 2.45) is 0 Å². The minimum atomic E-state index is 0.0481. The summed E-state index contributed by atoms with van der Waals surface area (Å²) in [6.45, 7) is 0. The van der Waals surface area contributed by atoms with Crippen molar-refractivity contribution in [3.63, 3.8) is 0 Å². The van der Waals surface area contributed by atoms with Crippen molar-refractivity contribution in [2.75, 3.05) is 0 Å². The van der Waals surface area contributed by atoms with Crippen LogP contribution in [0, 0.1) is 0 Å². The van der Waals surface area contributed by atoms with Crippen LogP contribution in [0.3, 0.4) is 0 Å². The fraction of sp³-hybridized carbons (Fsp3) is 0. The Labute approximate surface area is 62.3 Å². The zero-order valence-electron chi connectivity index (χ0n) is 4.71. The number of pyridine rings is 1. The lowest BCUT2D eigenvalue weighted by Gasteiger charge is -1.91. The van der Waals surface area contributed by atoms with Crippen LogP contribution < -0.4 is 5.46 Å². The second kappa shape index (κ2) is 2.99. The van der Waals surface area contributed by atoms with Crippen LogP contribution in [0.15, 0.2) is 22.9 Å². The van der Waals surface area contributed by atoms with E-state index in [0.717, 1.165) is 9.94 Å². The summed E-state index contributed by atoms with van der Waals surface area (Å²) in [6.07, 6.45) is 3.31. The molecule has 0 bridgehead atoms. The summed E-state index contributed by atoms with van der Waals surface area (Å²) in [5.41, 5.74) is 0.823. The topological polar surface area (TPSA) is 33.1 Å².